The number of phosphoric ester groups is 1. The first-order valence-corrected chi connectivity index (χ1v) is 15.9. The maximum absolute atomic E-state index is 15.0. The summed E-state index contributed by atoms with van der Waals surface area (Å²) in [5, 5.41) is 3.62. The van der Waals surface area contributed by atoms with Gasteiger partial charge in [-0.15, -0.1) is 0 Å². The Morgan fingerprint density at radius 3 is 2.15 bits per heavy atom. The third-order valence-corrected chi connectivity index (χ3v) is 9.02. The molecule has 1 aromatic heterocycles. The van der Waals surface area contributed by atoms with Gasteiger partial charge in [0.2, 0.25) is 0 Å². The van der Waals surface area contributed by atoms with Crippen LogP contribution in [0.3, 0.4) is 0 Å². The molecule has 2 heterocycles. The molecule has 226 valence electrons. The number of ether oxygens (including phenoxy) is 2. The zero-order chi connectivity index (χ0) is 31.3. The Hall–Kier alpha value is -5.63. The molecule has 7 aromatic rings. The Balaban J connectivity index is 1.24. The lowest BCUT2D eigenvalue weighted by atomic mass is 9.97. The monoisotopic (exact) mass is 629 g/mol. The molecule has 1 unspecified atom stereocenters. The van der Waals surface area contributed by atoms with Crippen LogP contribution in [-0.2, 0) is 13.8 Å². The number of rotatable bonds is 7. The summed E-state index contributed by atoms with van der Waals surface area (Å²) < 4.78 is 50.3. The molecule has 0 saturated carbocycles. The molecule has 1 aliphatic heterocycles. The fourth-order valence-corrected chi connectivity index (χ4v) is 6.87. The van der Waals surface area contributed by atoms with Gasteiger partial charge in [0, 0.05) is 16.5 Å². The van der Waals surface area contributed by atoms with Crippen molar-refractivity contribution in [3.8, 4) is 23.3 Å². The topological polar surface area (TPSA) is 106 Å². The van der Waals surface area contributed by atoms with Crippen molar-refractivity contribution in [2.45, 2.75) is 6.10 Å². The van der Waals surface area contributed by atoms with Crippen LogP contribution in [0.1, 0.15) is 27.6 Å². The summed E-state index contributed by atoms with van der Waals surface area (Å²) >= 11 is 0. The number of oxazole rings is 1. The molecule has 0 spiro atoms. The molecule has 0 saturated heterocycles. The zero-order valence-electron chi connectivity index (χ0n) is 24.3. The number of hydrogen-bond donors (Lipinski definition) is 0. The molecule has 10 heteroatoms. The van der Waals surface area contributed by atoms with Crippen molar-refractivity contribution in [2.75, 3.05) is 7.11 Å². The number of carbonyl (C=O) groups is 1. The molecule has 0 bridgehead atoms. The van der Waals surface area contributed by atoms with Crippen LogP contribution in [0, 0.1) is 0 Å². The van der Waals surface area contributed by atoms with Crippen LogP contribution >= 0.6 is 7.82 Å². The van der Waals surface area contributed by atoms with Crippen LogP contribution in [0.25, 0.3) is 32.6 Å². The molecule has 0 aliphatic carbocycles. The Morgan fingerprint density at radius 2 is 1.41 bits per heavy atom. The fourth-order valence-electron chi connectivity index (χ4n) is 5.59. The lowest BCUT2D eigenvalue weighted by Gasteiger charge is -2.29. The predicted octanol–water partition coefficient (Wildman–Crippen LogP) is 9.40. The zero-order valence-corrected chi connectivity index (χ0v) is 25.2. The van der Waals surface area contributed by atoms with Gasteiger partial charge in [-0.3, -0.25) is 4.52 Å². The van der Waals surface area contributed by atoms with Gasteiger partial charge < -0.3 is 22.9 Å². The number of esters is 1. The number of para-hydroxylation sites is 2. The molecule has 9 nitrogen and oxygen atoms in total. The number of benzene rings is 6. The van der Waals surface area contributed by atoms with Crippen molar-refractivity contribution in [2.24, 2.45) is 0 Å². The van der Waals surface area contributed by atoms with Crippen LogP contribution in [0.5, 0.6) is 23.3 Å². The van der Waals surface area contributed by atoms with Gasteiger partial charge in [-0.1, -0.05) is 72.8 Å². The molecule has 8 rings (SSSR count). The smallest absolute Gasteiger partial charge is 0.465 e. The second-order valence-corrected chi connectivity index (χ2v) is 12.1. The van der Waals surface area contributed by atoms with Crippen molar-refractivity contribution in [1.29, 1.82) is 0 Å². The molecule has 46 heavy (non-hydrogen) atoms. The SMILES string of the molecule is COC(=O)c1ccc2oc(OP(=O)(Oc3cccc4cc5ccccc5cc34)OC3c4ccccc4Oc4ccccc43)nc2c1. The van der Waals surface area contributed by atoms with Gasteiger partial charge in [0.05, 0.1) is 12.7 Å². The summed E-state index contributed by atoms with van der Waals surface area (Å²) in [5.74, 6) is 0.840. The highest BCUT2D eigenvalue weighted by Gasteiger charge is 2.41. The van der Waals surface area contributed by atoms with Crippen molar-refractivity contribution in [1.82, 2.24) is 4.98 Å². The van der Waals surface area contributed by atoms with Crippen LogP contribution in [-0.4, -0.2) is 18.1 Å². The summed E-state index contributed by atoms with van der Waals surface area (Å²) in [6, 6.07) is 36.6. The summed E-state index contributed by atoms with van der Waals surface area (Å²) in [6.45, 7) is 0. The second kappa shape index (κ2) is 11.1. The molecule has 0 amide bonds. The highest BCUT2D eigenvalue weighted by atomic mass is 31.2. The molecule has 0 radical (unpaired) electrons. The van der Waals surface area contributed by atoms with Gasteiger partial charge in [0.1, 0.15) is 28.9 Å². The minimum Gasteiger partial charge on any atom is -0.465 e. The standard InChI is InChI=1S/C36H24NO8P/c1-40-35(38)25-17-18-33-29(21-25)37-36(42-33)45-46(39,43-32-16-8-11-24-19-22-9-2-3-10-23(22)20-28(24)32)44-34-26-12-4-6-14-30(26)41-31-15-7-5-13-27(31)34/h2-21,34H,1H3. The van der Waals surface area contributed by atoms with Crippen LogP contribution < -0.4 is 13.8 Å². The quantitative estimate of drug-likeness (QED) is 0.0968. The van der Waals surface area contributed by atoms with E-state index in [0.29, 0.717) is 39.1 Å². The molecule has 1 atom stereocenters. The maximum atomic E-state index is 15.0. The number of carbonyl (C=O) groups excluding carboxylic acids is 1. The van der Waals surface area contributed by atoms with E-state index in [1.54, 1.807) is 12.1 Å². The highest BCUT2D eigenvalue weighted by Crippen LogP contribution is 2.58. The predicted molar refractivity (Wildman–Crippen MR) is 172 cm³/mol. The Bertz CT molecular complexity index is 2300. The lowest BCUT2D eigenvalue weighted by molar-refractivity contribution is 0.0600. The second-order valence-electron chi connectivity index (χ2n) is 10.6. The van der Waals surface area contributed by atoms with Crippen molar-refractivity contribution < 1.29 is 36.8 Å². The van der Waals surface area contributed by atoms with Crippen LogP contribution in [0.15, 0.2) is 126 Å². The normalized spacial score (nSPS) is 13.8. The van der Waals surface area contributed by atoms with Crippen molar-refractivity contribution in [3.05, 3.63) is 138 Å². The van der Waals surface area contributed by atoms with Crippen molar-refractivity contribution >= 4 is 46.4 Å². The van der Waals surface area contributed by atoms with E-state index in [1.165, 1.54) is 19.2 Å². The summed E-state index contributed by atoms with van der Waals surface area (Å²) in [5.41, 5.74) is 2.13. The van der Waals surface area contributed by atoms with E-state index in [9.17, 15) is 9.36 Å². The highest BCUT2D eigenvalue weighted by molar-refractivity contribution is 7.49. The van der Waals surface area contributed by atoms with E-state index >= 15 is 0 Å². The minimum atomic E-state index is -4.60. The number of aromatic nitrogens is 1. The third-order valence-electron chi connectivity index (χ3n) is 7.75. The number of hydrogen-bond acceptors (Lipinski definition) is 9. The summed E-state index contributed by atoms with van der Waals surface area (Å²) in [7, 11) is -3.31. The number of methoxy groups -OCH3 is 1. The lowest BCUT2D eigenvalue weighted by Crippen LogP contribution is -2.15. The van der Waals surface area contributed by atoms with Crippen LogP contribution in [0.4, 0.5) is 0 Å². The van der Waals surface area contributed by atoms with Gasteiger partial charge >= 0.3 is 19.9 Å². The van der Waals surface area contributed by atoms with Gasteiger partial charge in [0.25, 0.3) is 0 Å². The Labute approximate surface area is 262 Å². The first-order valence-electron chi connectivity index (χ1n) is 14.4. The molecule has 0 fully saturated rings. The number of phosphoric acid groups is 1. The van der Waals surface area contributed by atoms with E-state index in [0.717, 1.165) is 16.2 Å². The minimum absolute atomic E-state index is 0.268. The van der Waals surface area contributed by atoms with E-state index in [-0.39, 0.29) is 17.4 Å². The van der Waals surface area contributed by atoms with Gasteiger partial charge in [-0.25, -0.2) is 9.36 Å². The first-order chi connectivity index (χ1) is 22.5. The van der Waals surface area contributed by atoms with E-state index in [1.807, 2.05) is 97.1 Å². The van der Waals surface area contributed by atoms with E-state index in [2.05, 4.69) is 4.98 Å². The Kier molecular flexibility index (Phi) is 6.71. The average molecular weight is 630 g/mol. The maximum Gasteiger partial charge on any atom is 0.591 e. The molecule has 6 aromatic carbocycles. The average Bonchev–Trinajstić information content (AvgIpc) is 3.48. The van der Waals surface area contributed by atoms with E-state index < -0.39 is 19.9 Å². The van der Waals surface area contributed by atoms with Crippen molar-refractivity contribution in [3.63, 3.8) is 0 Å². The molecule has 1 aliphatic rings. The third kappa shape index (κ3) is 5.01. The summed E-state index contributed by atoms with van der Waals surface area (Å²) in [4.78, 5) is 16.4. The number of fused-ring (bicyclic) bond motifs is 5. The van der Waals surface area contributed by atoms with Gasteiger partial charge in [0.15, 0.2) is 5.58 Å². The van der Waals surface area contributed by atoms with Gasteiger partial charge in [-0.05, 0) is 64.7 Å². The molecular weight excluding hydrogens is 605 g/mol. The fraction of sp³-hybridized carbons (Fsp3) is 0.0556. The van der Waals surface area contributed by atoms with Gasteiger partial charge in [-0.2, -0.15) is 4.98 Å². The van der Waals surface area contributed by atoms with E-state index in [4.69, 9.17) is 27.5 Å². The largest absolute Gasteiger partial charge is 0.591 e. The molecule has 0 N–H and O–H groups in total. The molecular formula is C36H24NO8P. The summed E-state index contributed by atoms with van der Waals surface area (Å²) in [6.07, 6.45) is -1.25. The number of nitrogens with zero attached hydrogens (tertiary/aromatic N) is 1. The van der Waals surface area contributed by atoms with Crippen LogP contribution in [0.2, 0.25) is 0 Å². The Morgan fingerprint density at radius 1 is 0.739 bits per heavy atom. The first kappa shape index (κ1) is 27.9.